The molecule has 6 heteroatoms. The number of hydrogen-bond donors (Lipinski definition) is 0. The molecule has 1 aromatic rings. The first-order chi connectivity index (χ1) is 9.48. The van der Waals surface area contributed by atoms with Gasteiger partial charge in [-0.1, -0.05) is 19.4 Å². The van der Waals surface area contributed by atoms with Crippen LogP contribution in [-0.4, -0.2) is 25.8 Å². The molecule has 0 aromatic heterocycles. The van der Waals surface area contributed by atoms with Crippen LogP contribution in [0.3, 0.4) is 0 Å². The lowest BCUT2D eigenvalue weighted by Crippen LogP contribution is -2.38. The van der Waals surface area contributed by atoms with E-state index in [4.69, 9.17) is 11.6 Å². The van der Waals surface area contributed by atoms with Crippen molar-refractivity contribution in [2.75, 3.05) is 13.1 Å². The van der Waals surface area contributed by atoms with Gasteiger partial charge in [0.1, 0.15) is 0 Å². The second kappa shape index (κ2) is 6.77. The maximum atomic E-state index is 12.7. The molecule has 0 unspecified atom stereocenters. The molecule has 1 aliphatic heterocycles. The van der Waals surface area contributed by atoms with Crippen LogP contribution in [0.2, 0.25) is 0 Å². The highest BCUT2D eigenvalue weighted by Gasteiger charge is 2.30. The Morgan fingerprint density at radius 1 is 1.35 bits per heavy atom. The Kier molecular flexibility index (Phi) is 5.51. The number of hydrogen-bond acceptors (Lipinski definition) is 2. The number of benzene rings is 1. The molecule has 1 aromatic carbocycles. The van der Waals surface area contributed by atoms with E-state index in [1.807, 2.05) is 0 Å². The standard InChI is InChI=1S/C14H19BrClNO2S/c1-2-11-5-7-17(8-6-11)20(18,19)14-4-3-12(10-16)9-13(14)15/h3-4,9,11H,2,5-8,10H2,1H3. The van der Waals surface area contributed by atoms with Crippen molar-refractivity contribution in [2.45, 2.75) is 37.0 Å². The van der Waals surface area contributed by atoms with E-state index < -0.39 is 10.0 Å². The lowest BCUT2D eigenvalue weighted by Gasteiger charge is -2.31. The van der Waals surface area contributed by atoms with E-state index in [2.05, 4.69) is 22.9 Å². The molecule has 0 spiro atoms. The third kappa shape index (κ3) is 3.38. The molecule has 1 heterocycles. The summed E-state index contributed by atoms with van der Waals surface area (Å²) in [6.07, 6.45) is 3.03. The van der Waals surface area contributed by atoms with Crippen molar-refractivity contribution in [1.82, 2.24) is 4.31 Å². The number of piperidine rings is 1. The topological polar surface area (TPSA) is 37.4 Å². The maximum absolute atomic E-state index is 12.7. The van der Waals surface area contributed by atoms with Gasteiger partial charge in [0.25, 0.3) is 0 Å². The van der Waals surface area contributed by atoms with Crippen molar-refractivity contribution in [3.8, 4) is 0 Å². The Balaban J connectivity index is 2.23. The predicted octanol–water partition coefficient (Wildman–Crippen LogP) is 4.00. The van der Waals surface area contributed by atoms with Crippen LogP contribution in [0.15, 0.2) is 27.6 Å². The van der Waals surface area contributed by atoms with Crippen LogP contribution in [-0.2, 0) is 15.9 Å². The molecule has 0 amide bonds. The number of rotatable bonds is 4. The molecule has 0 aliphatic carbocycles. The summed E-state index contributed by atoms with van der Waals surface area (Å²) in [5.41, 5.74) is 0.905. The van der Waals surface area contributed by atoms with Gasteiger partial charge in [0.05, 0.1) is 4.90 Å². The van der Waals surface area contributed by atoms with Crippen molar-refractivity contribution >= 4 is 37.6 Å². The normalized spacial score (nSPS) is 18.4. The van der Waals surface area contributed by atoms with E-state index in [1.54, 1.807) is 22.5 Å². The SMILES string of the molecule is CCC1CCN(S(=O)(=O)c2ccc(CCl)cc2Br)CC1. The Morgan fingerprint density at radius 2 is 2.00 bits per heavy atom. The first-order valence-electron chi connectivity index (χ1n) is 6.83. The van der Waals surface area contributed by atoms with Crippen molar-refractivity contribution in [3.63, 3.8) is 0 Å². The van der Waals surface area contributed by atoms with Crippen LogP contribution in [0, 0.1) is 5.92 Å². The summed E-state index contributed by atoms with van der Waals surface area (Å²) in [6.45, 7) is 3.39. The minimum atomic E-state index is -3.41. The lowest BCUT2D eigenvalue weighted by molar-refractivity contribution is 0.269. The molecule has 0 atom stereocenters. The minimum absolute atomic E-state index is 0.335. The molecule has 2 rings (SSSR count). The third-order valence-corrected chi connectivity index (χ3v) is 7.10. The molecule has 0 radical (unpaired) electrons. The monoisotopic (exact) mass is 379 g/mol. The Hall–Kier alpha value is -0.100. The van der Waals surface area contributed by atoms with E-state index in [0.29, 0.717) is 34.3 Å². The fourth-order valence-electron chi connectivity index (χ4n) is 2.53. The van der Waals surface area contributed by atoms with Gasteiger partial charge in [-0.2, -0.15) is 4.31 Å². The summed E-state index contributed by atoms with van der Waals surface area (Å²) in [6, 6.07) is 5.19. The average Bonchev–Trinajstić information content (AvgIpc) is 2.46. The van der Waals surface area contributed by atoms with Gasteiger partial charge >= 0.3 is 0 Å². The van der Waals surface area contributed by atoms with Crippen LogP contribution in [0.1, 0.15) is 31.7 Å². The Morgan fingerprint density at radius 3 is 2.50 bits per heavy atom. The molecule has 20 heavy (non-hydrogen) atoms. The first kappa shape index (κ1) is 16.3. The summed E-state index contributed by atoms with van der Waals surface area (Å²) in [5.74, 6) is 1.03. The lowest BCUT2D eigenvalue weighted by atomic mass is 9.96. The van der Waals surface area contributed by atoms with Gasteiger partial charge in [-0.05, 0) is 52.4 Å². The highest BCUT2D eigenvalue weighted by molar-refractivity contribution is 9.10. The van der Waals surface area contributed by atoms with E-state index in [9.17, 15) is 8.42 Å². The molecule has 112 valence electrons. The second-order valence-corrected chi connectivity index (χ2v) is 8.18. The maximum Gasteiger partial charge on any atom is 0.244 e. The average molecular weight is 381 g/mol. The summed E-state index contributed by atoms with van der Waals surface area (Å²) in [7, 11) is -3.41. The van der Waals surface area contributed by atoms with Gasteiger partial charge in [-0.25, -0.2) is 8.42 Å². The van der Waals surface area contributed by atoms with Crippen LogP contribution < -0.4 is 0 Å². The molecule has 0 bridgehead atoms. The van der Waals surface area contributed by atoms with Crippen LogP contribution in [0.4, 0.5) is 0 Å². The zero-order valence-electron chi connectivity index (χ0n) is 11.5. The van der Waals surface area contributed by atoms with Crippen LogP contribution >= 0.6 is 27.5 Å². The van der Waals surface area contributed by atoms with Crippen molar-refractivity contribution in [2.24, 2.45) is 5.92 Å². The second-order valence-electron chi connectivity index (χ2n) is 5.15. The molecule has 1 aliphatic rings. The first-order valence-corrected chi connectivity index (χ1v) is 9.60. The summed E-state index contributed by atoms with van der Waals surface area (Å²) < 4.78 is 27.5. The number of sulfonamides is 1. The van der Waals surface area contributed by atoms with E-state index in [0.717, 1.165) is 24.8 Å². The Bertz CT molecular complexity index is 569. The molecule has 0 saturated carbocycles. The minimum Gasteiger partial charge on any atom is -0.207 e. The van der Waals surface area contributed by atoms with Gasteiger partial charge in [0.15, 0.2) is 0 Å². The van der Waals surface area contributed by atoms with Crippen molar-refractivity contribution in [3.05, 3.63) is 28.2 Å². The zero-order valence-corrected chi connectivity index (χ0v) is 14.6. The zero-order chi connectivity index (χ0) is 14.8. The quantitative estimate of drug-likeness (QED) is 0.740. The number of alkyl halides is 1. The fraction of sp³-hybridized carbons (Fsp3) is 0.571. The highest BCUT2D eigenvalue weighted by Crippen LogP contribution is 2.30. The Labute approximate surface area is 134 Å². The third-order valence-electron chi connectivity index (χ3n) is 3.92. The largest absolute Gasteiger partial charge is 0.244 e. The fourth-order valence-corrected chi connectivity index (χ4v) is 5.25. The molecule has 3 nitrogen and oxygen atoms in total. The highest BCUT2D eigenvalue weighted by atomic mass is 79.9. The van der Waals surface area contributed by atoms with Gasteiger partial charge in [0.2, 0.25) is 10.0 Å². The van der Waals surface area contributed by atoms with Crippen molar-refractivity contribution < 1.29 is 8.42 Å². The van der Waals surface area contributed by atoms with Crippen molar-refractivity contribution in [1.29, 1.82) is 0 Å². The molecule has 1 saturated heterocycles. The van der Waals surface area contributed by atoms with E-state index in [1.165, 1.54) is 0 Å². The van der Waals surface area contributed by atoms with Gasteiger partial charge in [0, 0.05) is 23.4 Å². The van der Waals surface area contributed by atoms with Gasteiger partial charge < -0.3 is 0 Å². The van der Waals surface area contributed by atoms with Gasteiger partial charge in [-0.15, -0.1) is 11.6 Å². The summed E-state index contributed by atoms with van der Waals surface area (Å²) >= 11 is 9.12. The molecular formula is C14H19BrClNO2S. The predicted molar refractivity (Wildman–Crippen MR) is 85.5 cm³/mol. The van der Waals surface area contributed by atoms with Crippen LogP contribution in [0.25, 0.3) is 0 Å². The van der Waals surface area contributed by atoms with E-state index in [-0.39, 0.29) is 0 Å². The molecular weight excluding hydrogens is 362 g/mol. The summed E-state index contributed by atoms with van der Waals surface area (Å²) in [4.78, 5) is 0.335. The van der Waals surface area contributed by atoms with Crippen LogP contribution in [0.5, 0.6) is 0 Å². The number of nitrogens with zero attached hydrogens (tertiary/aromatic N) is 1. The van der Waals surface area contributed by atoms with E-state index >= 15 is 0 Å². The summed E-state index contributed by atoms with van der Waals surface area (Å²) in [5, 5.41) is 0. The number of halogens is 2. The molecule has 1 fully saturated rings. The van der Waals surface area contributed by atoms with Gasteiger partial charge in [-0.3, -0.25) is 0 Å². The smallest absolute Gasteiger partial charge is 0.207 e. The molecule has 0 N–H and O–H groups in total.